The van der Waals surface area contributed by atoms with Crippen LogP contribution in [0.2, 0.25) is 0 Å². The highest BCUT2D eigenvalue weighted by Gasteiger charge is 2.30. The van der Waals surface area contributed by atoms with Crippen LogP contribution >= 0.6 is 0 Å². The van der Waals surface area contributed by atoms with E-state index >= 15 is 0 Å². The van der Waals surface area contributed by atoms with Gasteiger partial charge in [0.1, 0.15) is 0 Å². The molecule has 2 aliphatic heterocycles. The summed E-state index contributed by atoms with van der Waals surface area (Å²) in [5, 5.41) is 3.04. The highest BCUT2D eigenvalue weighted by molar-refractivity contribution is 5.92. The monoisotopic (exact) mass is 287 g/mol. The molecule has 1 aromatic carbocycles. The van der Waals surface area contributed by atoms with Crippen molar-refractivity contribution in [2.24, 2.45) is 0 Å². The zero-order valence-corrected chi connectivity index (χ0v) is 13.1. The minimum Gasteiger partial charge on any atom is -0.325 e. The van der Waals surface area contributed by atoms with E-state index in [1.165, 1.54) is 30.5 Å². The van der Waals surface area contributed by atoms with Gasteiger partial charge in [-0.25, -0.2) is 0 Å². The van der Waals surface area contributed by atoms with Crippen molar-refractivity contribution in [3.63, 3.8) is 0 Å². The number of rotatable bonds is 3. The highest BCUT2D eigenvalue weighted by atomic mass is 16.2. The van der Waals surface area contributed by atoms with Gasteiger partial charge in [-0.05, 0) is 56.5 Å². The molecule has 4 nitrogen and oxygen atoms in total. The summed E-state index contributed by atoms with van der Waals surface area (Å²) >= 11 is 0. The van der Waals surface area contributed by atoms with Gasteiger partial charge in [-0.1, -0.05) is 6.07 Å². The molecular formula is C17H25N3O. The van der Waals surface area contributed by atoms with Gasteiger partial charge in [0.25, 0.3) is 0 Å². The molecule has 1 aromatic rings. The molecule has 0 aromatic heterocycles. The van der Waals surface area contributed by atoms with Crippen LogP contribution in [0.4, 0.5) is 5.69 Å². The Hall–Kier alpha value is -1.39. The van der Waals surface area contributed by atoms with Crippen molar-refractivity contribution in [2.75, 3.05) is 38.0 Å². The molecular weight excluding hydrogens is 262 g/mol. The number of hydrogen-bond acceptors (Lipinski definition) is 3. The van der Waals surface area contributed by atoms with Gasteiger partial charge in [-0.3, -0.25) is 14.6 Å². The van der Waals surface area contributed by atoms with Crippen LogP contribution in [0, 0.1) is 13.8 Å². The zero-order valence-electron chi connectivity index (χ0n) is 13.1. The highest BCUT2D eigenvalue weighted by Crippen LogP contribution is 2.21. The molecule has 2 saturated heterocycles. The van der Waals surface area contributed by atoms with Crippen molar-refractivity contribution < 1.29 is 4.79 Å². The molecule has 0 bridgehead atoms. The van der Waals surface area contributed by atoms with Crippen molar-refractivity contribution in [2.45, 2.75) is 32.7 Å². The van der Waals surface area contributed by atoms with Gasteiger partial charge in [0, 0.05) is 31.4 Å². The van der Waals surface area contributed by atoms with Crippen molar-refractivity contribution in [3.8, 4) is 0 Å². The quantitative estimate of drug-likeness (QED) is 0.924. The summed E-state index contributed by atoms with van der Waals surface area (Å²) in [6, 6.07) is 6.85. The Morgan fingerprint density at radius 3 is 2.71 bits per heavy atom. The Kier molecular flexibility index (Phi) is 4.27. The van der Waals surface area contributed by atoms with E-state index in [0.29, 0.717) is 12.6 Å². The SMILES string of the molecule is Cc1cc(C)cc(NC(=O)CN2CCN3CCCC3C2)c1. The summed E-state index contributed by atoms with van der Waals surface area (Å²) < 4.78 is 0. The first kappa shape index (κ1) is 14.5. The topological polar surface area (TPSA) is 35.6 Å². The lowest BCUT2D eigenvalue weighted by Crippen LogP contribution is -2.51. The molecule has 2 fully saturated rings. The van der Waals surface area contributed by atoms with Gasteiger partial charge in [-0.2, -0.15) is 0 Å². The number of fused-ring (bicyclic) bond motifs is 1. The van der Waals surface area contributed by atoms with E-state index < -0.39 is 0 Å². The van der Waals surface area contributed by atoms with E-state index in [1.54, 1.807) is 0 Å². The maximum Gasteiger partial charge on any atom is 0.238 e. The normalized spacial score (nSPS) is 23.0. The number of benzene rings is 1. The maximum absolute atomic E-state index is 12.2. The number of piperazine rings is 1. The summed E-state index contributed by atoms with van der Waals surface area (Å²) in [5.74, 6) is 0.103. The van der Waals surface area contributed by atoms with Crippen LogP contribution in [-0.4, -0.2) is 54.5 Å². The average Bonchev–Trinajstić information content (AvgIpc) is 2.84. The maximum atomic E-state index is 12.2. The minimum atomic E-state index is 0.103. The first-order chi connectivity index (χ1) is 10.1. The third-order valence-corrected chi connectivity index (χ3v) is 4.54. The third kappa shape index (κ3) is 3.63. The molecule has 2 aliphatic rings. The first-order valence-corrected chi connectivity index (χ1v) is 7.95. The second-order valence-electron chi connectivity index (χ2n) is 6.49. The molecule has 0 aliphatic carbocycles. The summed E-state index contributed by atoms with van der Waals surface area (Å²) in [4.78, 5) is 17.1. The Labute approximate surface area is 127 Å². The predicted molar refractivity (Wildman–Crippen MR) is 85.6 cm³/mol. The Morgan fingerprint density at radius 1 is 1.19 bits per heavy atom. The van der Waals surface area contributed by atoms with Gasteiger partial charge in [-0.15, -0.1) is 0 Å². The molecule has 0 spiro atoms. The molecule has 1 atom stereocenters. The van der Waals surface area contributed by atoms with E-state index in [0.717, 1.165) is 25.3 Å². The molecule has 1 N–H and O–H groups in total. The second-order valence-corrected chi connectivity index (χ2v) is 6.49. The number of carbonyl (C=O) groups excluding carboxylic acids is 1. The fourth-order valence-corrected chi connectivity index (χ4v) is 3.65. The van der Waals surface area contributed by atoms with Crippen molar-refractivity contribution in [1.82, 2.24) is 9.80 Å². The van der Waals surface area contributed by atoms with Crippen LogP contribution in [0.5, 0.6) is 0 Å². The lowest BCUT2D eigenvalue weighted by Gasteiger charge is -2.37. The van der Waals surface area contributed by atoms with E-state index in [9.17, 15) is 4.79 Å². The van der Waals surface area contributed by atoms with Crippen LogP contribution < -0.4 is 5.32 Å². The van der Waals surface area contributed by atoms with Gasteiger partial charge < -0.3 is 5.32 Å². The molecule has 4 heteroatoms. The lowest BCUT2D eigenvalue weighted by atomic mass is 10.1. The zero-order chi connectivity index (χ0) is 14.8. The van der Waals surface area contributed by atoms with E-state index in [-0.39, 0.29) is 5.91 Å². The third-order valence-electron chi connectivity index (χ3n) is 4.54. The van der Waals surface area contributed by atoms with Gasteiger partial charge in [0.05, 0.1) is 6.54 Å². The molecule has 1 unspecified atom stereocenters. The van der Waals surface area contributed by atoms with E-state index in [1.807, 2.05) is 12.1 Å². The van der Waals surface area contributed by atoms with Crippen LogP contribution in [0.3, 0.4) is 0 Å². The smallest absolute Gasteiger partial charge is 0.238 e. The number of nitrogens with zero attached hydrogens (tertiary/aromatic N) is 2. The van der Waals surface area contributed by atoms with Crippen molar-refractivity contribution >= 4 is 11.6 Å². The summed E-state index contributed by atoms with van der Waals surface area (Å²) in [6.07, 6.45) is 2.60. The molecule has 114 valence electrons. The number of anilines is 1. The molecule has 0 radical (unpaired) electrons. The van der Waals surface area contributed by atoms with Crippen molar-refractivity contribution in [1.29, 1.82) is 0 Å². The van der Waals surface area contributed by atoms with Crippen LogP contribution in [0.1, 0.15) is 24.0 Å². The molecule has 21 heavy (non-hydrogen) atoms. The standard InChI is InChI=1S/C17H25N3O/c1-13-8-14(2)10-15(9-13)18-17(21)12-19-6-7-20-5-3-4-16(20)11-19/h8-10,16H,3-7,11-12H2,1-2H3,(H,18,21). The fraction of sp³-hybridized carbons (Fsp3) is 0.588. The average molecular weight is 287 g/mol. The van der Waals surface area contributed by atoms with Gasteiger partial charge >= 0.3 is 0 Å². The summed E-state index contributed by atoms with van der Waals surface area (Å²) in [6.45, 7) is 9.03. The Balaban J connectivity index is 1.54. The first-order valence-electron chi connectivity index (χ1n) is 7.95. The van der Waals surface area contributed by atoms with Gasteiger partial charge in [0.2, 0.25) is 5.91 Å². The van der Waals surface area contributed by atoms with Crippen LogP contribution in [0.15, 0.2) is 18.2 Å². The second kappa shape index (κ2) is 6.16. The Bertz CT molecular complexity index is 509. The molecule has 1 amide bonds. The fourth-order valence-electron chi connectivity index (χ4n) is 3.65. The van der Waals surface area contributed by atoms with Gasteiger partial charge in [0.15, 0.2) is 0 Å². The van der Waals surface area contributed by atoms with Crippen LogP contribution in [-0.2, 0) is 4.79 Å². The summed E-state index contributed by atoms with van der Waals surface area (Å²) in [7, 11) is 0. The number of hydrogen-bond donors (Lipinski definition) is 1. The van der Waals surface area contributed by atoms with Crippen LogP contribution in [0.25, 0.3) is 0 Å². The molecule has 3 rings (SSSR count). The minimum absolute atomic E-state index is 0.103. The van der Waals surface area contributed by atoms with Crippen molar-refractivity contribution in [3.05, 3.63) is 29.3 Å². The molecule has 0 saturated carbocycles. The lowest BCUT2D eigenvalue weighted by molar-refractivity contribution is -0.117. The number of carbonyl (C=O) groups is 1. The predicted octanol–water partition coefficient (Wildman–Crippen LogP) is 2.02. The largest absolute Gasteiger partial charge is 0.325 e. The number of nitrogens with one attached hydrogen (secondary N) is 1. The van der Waals surface area contributed by atoms with E-state index in [4.69, 9.17) is 0 Å². The molecule has 2 heterocycles. The Morgan fingerprint density at radius 2 is 1.95 bits per heavy atom. The number of aryl methyl sites for hydroxylation is 2. The summed E-state index contributed by atoms with van der Waals surface area (Å²) in [5.41, 5.74) is 3.28. The van der Waals surface area contributed by atoms with E-state index in [2.05, 4.69) is 35.0 Å². The number of amides is 1.